The summed E-state index contributed by atoms with van der Waals surface area (Å²) in [5.41, 5.74) is 2.34. The van der Waals surface area contributed by atoms with Crippen molar-refractivity contribution in [2.45, 2.75) is 50.3 Å². The Bertz CT molecular complexity index is 695. The number of benzene rings is 2. The number of rotatable bonds is 8. The normalized spacial score (nSPS) is 13.3. The van der Waals surface area contributed by atoms with E-state index in [0.29, 0.717) is 5.92 Å². The molecule has 4 heteroatoms. The SMILES string of the molecule is COc1ccc([C@@H](CC(C)C)NC(=O)[C@H](C)Sc2ccc(C)cc2)cc1. The smallest absolute Gasteiger partial charge is 0.233 e. The molecule has 0 fully saturated rings. The van der Waals surface area contributed by atoms with Gasteiger partial charge in [-0.1, -0.05) is 43.7 Å². The van der Waals surface area contributed by atoms with Crippen LogP contribution in [0.5, 0.6) is 5.75 Å². The topological polar surface area (TPSA) is 38.3 Å². The third kappa shape index (κ3) is 6.10. The van der Waals surface area contributed by atoms with E-state index in [1.165, 1.54) is 5.56 Å². The number of amides is 1. The second kappa shape index (κ2) is 9.67. The van der Waals surface area contributed by atoms with Gasteiger partial charge in [0.15, 0.2) is 0 Å². The second-order valence-corrected chi connectivity index (χ2v) is 8.45. The molecule has 26 heavy (non-hydrogen) atoms. The van der Waals surface area contributed by atoms with Crippen LogP contribution in [0.15, 0.2) is 53.4 Å². The molecule has 1 amide bonds. The summed E-state index contributed by atoms with van der Waals surface area (Å²) in [5.74, 6) is 1.38. The highest BCUT2D eigenvalue weighted by Crippen LogP contribution is 2.27. The Hall–Kier alpha value is -1.94. The average molecular weight is 372 g/mol. The van der Waals surface area contributed by atoms with Crippen molar-refractivity contribution in [3.05, 3.63) is 59.7 Å². The van der Waals surface area contributed by atoms with Crippen molar-refractivity contribution in [1.29, 1.82) is 0 Å². The lowest BCUT2D eigenvalue weighted by Gasteiger charge is -2.23. The van der Waals surface area contributed by atoms with Crippen molar-refractivity contribution in [3.8, 4) is 5.75 Å². The third-order valence-corrected chi connectivity index (χ3v) is 5.36. The zero-order valence-corrected chi connectivity index (χ0v) is 17.1. The Kier molecular flexibility index (Phi) is 7.58. The van der Waals surface area contributed by atoms with Crippen molar-refractivity contribution < 1.29 is 9.53 Å². The van der Waals surface area contributed by atoms with Gasteiger partial charge in [0.1, 0.15) is 5.75 Å². The van der Waals surface area contributed by atoms with E-state index in [1.807, 2.05) is 31.2 Å². The molecule has 0 aliphatic carbocycles. The maximum atomic E-state index is 12.7. The Morgan fingerprint density at radius 3 is 2.19 bits per heavy atom. The first-order valence-electron chi connectivity index (χ1n) is 9.06. The van der Waals surface area contributed by atoms with E-state index < -0.39 is 0 Å². The number of carbonyl (C=O) groups is 1. The van der Waals surface area contributed by atoms with Crippen LogP contribution in [-0.4, -0.2) is 18.3 Å². The molecule has 1 N–H and O–H groups in total. The van der Waals surface area contributed by atoms with Gasteiger partial charge in [-0.15, -0.1) is 11.8 Å². The van der Waals surface area contributed by atoms with Gasteiger partial charge in [-0.25, -0.2) is 0 Å². The van der Waals surface area contributed by atoms with Crippen LogP contribution in [-0.2, 0) is 4.79 Å². The minimum absolute atomic E-state index is 0.00877. The zero-order chi connectivity index (χ0) is 19.1. The molecule has 2 atom stereocenters. The Balaban J connectivity index is 2.05. The molecular formula is C22H29NO2S. The summed E-state index contributed by atoms with van der Waals surface area (Å²) in [5, 5.41) is 3.09. The molecule has 0 bridgehead atoms. The first-order chi connectivity index (χ1) is 12.4. The van der Waals surface area contributed by atoms with E-state index in [0.717, 1.165) is 22.6 Å². The number of ether oxygens (including phenoxy) is 1. The molecule has 0 unspecified atom stereocenters. The van der Waals surface area contributed by atoms with Gasteiger partial charge in [0.05, 0.1) is 18.4 Å². The van der Waals surface area contributed by atoms with Gasteiger partial charge < -0.3 is 10.1 Å². The minimum Gasteiger partial charge on any atom is -0.497 e. The summed E-state index contributed by atoms with van der Waals surface area (Å²) < 4.78 is 5.23. The van der Waals surface area contributed by atoms with Crippen LogP contribution in [0.1, 0.15) is 44.4 Å². The lowest BCUT2D eigenvalue weighted by atomic mass is 9.96. The summed E-state index contributed by atoms with van der Waals surface area (Å²) in [6, 6.07) is 16.2. The summed E-state index contributed by atoms with van der Waals surface area (Å²) >= 11 is 1.59. The van der Waals surface area contributed by atoms with Gasteiger partial charge in [0.25, 0.3) is 0 Å². The van der Waals surface area contributed by atoms with Crippen molar-refractivity contribution in [3.63, 3.8) is 0 Å². The number of aryl methyl sites for hydroxylation is 1. The molecule has 0 aliphatic heterocycles. The van der Waals surface area contributed by atoms with Crippen LogP contribution in [0.25, 0.3) is 0 Å². The minimum atomic E-state index is -0.148. The van der Waals surface area contributed by atoms with Crippen molar-refractivity contribution in [2.75, 3.05) is 7.11 Å². The van der Waals surface area contributed by atoms with Gasteiger partial charge in [0, 0.05) is 4.90 Å². The summed E-state index contributed by atoms with van der Waals surface area (Å²) in [6.07, 6.45) is 0.903. The predicted molar refractivity (Wildman–Crippen MR) is 110 cm³/mol. The Morgan fingerprint density at radius 2 is 1.65 bits per heavy atom. The number of hydrogen-bond donors (Lipinski definition) is 1. The van der Waals surface area contributed by atoms with Gasteiger partial charge in [0.2, 0.25) is 5.91 Å². The van der Waals surface area contributed by atoms with E-state index in [-0.39, 0.29) is 17.2 Å². The Labute approximate surface area is 161 Å². The van der Waals surface area contributed by atoms with Crippen molar-refractivity contribution in [2.24, 2.45) is 5.92 Å². The summed E-state index contributed by atoms with van der Waals surface area (Å²) in [6.45, 7) is 8.37. The molecule has 0 saturated heterocycles. The molecule has 0 saturated carbocycles. The Morgan fingerprint density at radius 1 is 1.04 bits per heavy atom. The van der Waals surface area contributed by atoms with Crippen LogP contribution in [0.2, 0.25) is 0 Å². The highest BCUT2D eigenvalue weighted by molar-refractivity contribution is 8.00. The molecule has 140 valence electrons. The van der Waals surface area contributed by atoms with Gasteiger partial charge >= 0.3 is 0 Å². The number of hydrogen-bond acceptors (Lipinski definition) is 3. The van der Waals surface area contributed by atoms with Crippen LogP contribution in [0.3, 0.4) is 0 Å². The van der Waals surface area contributed by atoms with E-state index in [4.69, 9.17) is 4.74 Å². The highest BCUT2D eigenvalue weighted by atomic mass is 32.2. The number of thioether (sulfide) groups is 1. The van der Waals surface area contributed by atoms with Crippen molar-refractivity contribution in [1.82, 2.24) is 5.32 Å². The predicted octanol–water partition coefficient (Wildman–Crippen LogP) is 5.39. The molecule has 2 rings (SSSR count). The summed E-state index contributed by atoms with van der Waals surface area (Å²) in [4.78, 5) is 13.9. The van der Waals surface area contributed by atoms with Crippen LogP contribution >= 0.6 is 11.8 Å². The maximum Gasteiger partial charge on any atom is 0.233 e. The third-order valence-electron chi connectivity index (χ3n) is 4.24. The maximum absolute atomic E-state index is 12.7. The van der Waals surface area contributed by atoms with Crippen LogP contribution < -0.4 is 10.1 Å². The molecule has 2 aromatic carbocycles. The fraction of sp³-hybridized carbons (Fsp3) is 0.409. The first kappa shape index (κ1) is 20.4. The van der Waals surface area contributed by atoms with E-state index in [1.54, 1.807) is 18.9 Å². The first-order valence-corrected chi connectivity index (χ1v) is 9.94. The largest absolute Gasteiger partial charge is 0.497 e. The lowest BCUT2D eigenvalue weighted by Crippen LogP contribution is -2.35. The standard InChI is InChI=1S/C22H29NO2S/c1-15(2)14-21(18-8-10-19(25-5)11-9-18)23-22(24)17(4)26-20-12-6-16(3)7-13-20/h6-13,15,17,21H,14H2,1-5H3,(H,23,24)/t17-,21+/m0/s1. The van der Waals surface area contributed by atoms with E-state index in [9.17, 15) is 4.79 Å². The number of carbonyl (C=O) groups excluding carboxylic acids is 1. The average Bonchev–Trinajstić information content (AvgIpc) is 2.62. The fourth-order valence-electron chi connectivity index (χ4n) is 2.75. The van der Waals surface area contributed by atoms with Gasteiger partial charge in [-0.2, -0.15) is 0 Å². The molecule has 0 aromatic heterocycles. The zero-order valence-electron chi connectivity index (χ0n) is 16.3. The van der Waals surface area contributed by atoms with Crippen LogP contribution in [0, 0.1) is 12.8 Å². The van der Waals surface area contributed by atoms with Crippen LogP contribution in [0.4, 0.5) is 0 Å². The molecule has 0 radical (unpaired) electrons. The quantitative estimate of drug-likeness (QED) is 0.633. The van der Waals surface area contributed by atoms with E-state index >= 15 is 0 Å². The lowest BCUT2D eigenvalue weighted by molar-refractivity contribution is -0.121. The van der Waals surface area contributed by atoms with Gasteiger partial charge in [-0.3, -0.25) is 4.79 Å². The molecular weight excluding hydrogens is 342 g/mol. The highest BCUT2D eigenvalue weighted by Gasteiger charge is 2.21. The molecule has 0 heterocycles. The second-order valence-electron chi connectivity index (χ2n) is 7.04. The monoisotopic (exact) mass is 371 g/mol. The van der Waals surface area contributed by atoms with Crippen molar-refractivity contribution >= 4 is 17.7 Å². The van der Waals surface area contributed by atoms with Gasteiger partial charge in [-0.05, 0) is 56.0 Å². The van der Waals surface area contributed by atoms with E-state index in [2.05, 4.69) is 50.4 Å². The fourth-order valence-corrected chi connectivity index (χ4v) is 3.63. The molecule has 0 spiro atoms. The number of nitrogens with one attached hydrogen (secondary N) is 1. The molecule has 3 nitrogen and oxygen atoms in total. The number of methoxy groups -OCH3 is 1. The molecule has 0 aliphatic rings. The molecule has 2 aromatic rings. The summed E-state index contributed by atoms with van der Waals surface area (Å²) in [7, 11) is 1.66.